The SMILES string of the molecule is Cc1cc(C(=O)OCc2ccccn2)ccc1-n1cncn1. The normalized spacial score (nSPS) is 10.4. The van der Waals surface area contributed by atoms with E-state index in [-0.39, 0.29) is 12.6 Å². The summed E-state index contributed by atoms with van der Waals surface area (Å²) in [7, 11) is 0. The maximum Gasteiger partial charge on any atom is 0.338 e. The number of pyridine rings is 1. The summed E-state index contributed by atoms with van der Waals surface area (Å²) < 4.78 is 6.91. The van der Waals surface area contributed by atoms with E-state index in [2.05, 4.69) is 15.1 Å². The maximum absolute atomic E-state index is 12.1. The molecule has 0 bridgehead atoms. The highest BCUT2D eigenvalue weighted by molar-refractivity contribution is 5.90. The summed E-state index contributed by atoms with van der Waals surface area (Å²) >= 11 is 0. The van der Waals surface area contributed by atoms with E-state index in [1.54, 1.807) is 29.3 Å². The van der Waals surface area contributed by atoms with Crippen LogP contribution in [0.25, 0.3) is 5.69 Å². The third-order valence-corrected chi connectivity index (χ3v) is 3.18. The van der Waals surface area contributed by atoms with Gasteiger partial charge in [-0.15, -0.1) is 0 Å². The highest BCUT2D eigenvalue weighted by Crippen LogP contribution is 2.15. The van der Waals surface area contributed by atoms with Crippen LogP contribution in [-0.2, 0) is 11.3 Å². The lowest BCUT2D eigenvalue weighted by molar-refractivity contribution is 0.0467. The van der Waals surface area contributed by atoms with Gasteiger partial charge in [-0.05, 0) is 42.8 Å². The fourth-order valence-electron chi connectivity index (χ4n) is 2.08. The topological polar surface area (TPSA) is 69.9 Å². The van der Waals surface area contributed by atoms with Gasteiger partial charge in [0.1, 0.15) is 19.3 Å². The van der Waals surface area contributed by atoms with Crippen molar-refractivity contribution in [3.8, 4) is 5.69 Å². The zero-order valence-electron chi connectivity index (χ0n) is 12.0. The number of hydrogen-bond donors (Lipinski definition) is 0. The van der Waals surface area contributed by atoms with E-state index in [4.69, 9.17) is 4.74 Å². The van der Waals surface area contributed by atoms with Crippen molar-refractivity contribution in [2.45, 2.75) is 13.5 Å². The first-order chi connectivity index (χ1) is 10.7. The lowest BCUT2D eigenvalue weighted by atomic mass is 10.1. The van der Waals surface area contributed by atoms with Crippen LogP contribution in [0.4, 0.5) is 0 Å². The van der Waals surface area contributed by atoms with E-state index in [0.29, 0.717) is 11.3 Å². The summed E-state index contributed by atoms with van der Waals surface area (Å²) in [5.74, 6) is -0.376. The largest absolute Gasteiger partial charge is 0.456 e. The van der Waals surface area contributed by atoms with Crippen LogP contribution < -0.4 is 0 Å². The lowest BCUT2D eigenvalue weighted by Crippen LogP contribution is -2.07. The first kappa shape index (κ1) is 13.9. The molecule has 0 unspecified atom stereocenters. The molecule has 0 atom stereocenters. The zero-order valence-corrected chi connectivity index (χ0v) is 12.0. The molecular weight excluding hydrogens is 280 g/mol. The fourth-order valence-corrected chi connectivity index (χ4v) is 2.08. The third kappa shape index (κ3) is 3.01. The number of ether oxygens (including phenoxy) is 1. The molecule has 0 aliphatic rings. The van der Waals surface area contributed by atoms with Crippen LogP contribution in [0.2, 0.25) is 0 Å². The summed E-state index contributed by atoms with van der Waals surface area (Å²) in [6, 6.07) is 10.8. The van der Waals surface area contributed by atoms with Gasteiger partial charge in [-0.2, -0.15) is 5.10 Å². The van der Waals surface area contributed by atoms with Crippen LogP contribution in [0, 0.1) is 6.92 Å². The van der Waals surface area contributed by atoms with Gasteiger partial charge in [-0.25, -0.2) is 14.5 Å². The highest BCUT2D eigenvalue weighted by atomic mass is 16.5. The molecule has 0 amide bonds. The molecule has 0 radical (unpaired) electrons. The first-order valence-electron chi connectivity index (χ1n) is 6.77. The van der Waals surface area contributed by atoms with Crippen molar-refractivity contribution in [2.75, 3.05) is 0 Å². The molecule has 6 nitrogen and oxygen atoms in total. The van der Waals surface area contributed by atoms with Gasteiger partial charge in [0.2, 0.25) is 0 Å². The molecule has 0 fully saturated rings. The molecule has 2 aromatic heterocycles. The molecule has 3 aromatic rings. The Morgan fingerprint density at radius 1 is 1.27 bits per heavy atom. The lowest BCUT2D eigenvalue weighted by Gasteiger charge is -2.08. The molecule has 0 N–H and O–H groups in total. The number of nitrogens with zero attached hydrogens (tertiary/aromatic N) is 4. The number of rotatable bonds is 4. The standard InChI is InChI=1S/C16H14N4O2/c1-12-8-13(5-6-15(12)20-11-17-10-19-20)16(21)22-9-14-4-2-3-7-18-14/h2-8,10-11H,9H2,1H3. The van der Waals surface area contributed by atoms with Gasteiger partial charge in [0.15, 0.2) is 0 Å². The molecule has 0 spiro atoms. The quantitative estimate of drug-likeness (QED) is 0.691. The van der Waals surface area contributed by atoms with E-state index < -0.39 is 0 Å². The summed E-state index contributed by atoms with van der Waals surface area (Å²) in [5.41, 5.74) is 3.00. The minimum Gasteiger partial charge on any atom is -0.456 e. The second kappa shape index (κ2) is 6.17. The van der Waals surface area contributed by atoms with E-state index in [9.17, 15) is 4.79 Å². The molecule has 0 saturated carbocycles. The van der Waals surface area contributed by atoms with Crippen molar-refractivity contribution in [3.05, 3.63) is 72.1 Å². The van der Waals surface area contributed by atoms with Gasteiger partial charge in [-0.1, -0.05) is 6.07 Å². The van der Waals surface area contributed by atoms with Gasteiger partial charge in [-0.3, -0.25) is 4.98 Å². The summed E-state index contributed by atoms with van der Waals surface area (Å²) in [4.78, 5) is 20.1. The summed E-state index contributed by atoms with van der Waals surface area (Å²) in [6.07, 6.45) is 4.75. The van der Waals surface area contributed by atoms with Gasteiger partial charge in [0.25, 0.3) is 0 Å². The monoisotopic (exact) mass is 294 g/mol. The van der Waals surface area contributed by atoms with Crippen LogP contribution in [0.5, 0.6) is 0 Å². The molecular formula is C16H14N4O2. The Hall–Kier alpha value is -3.02. The van der Waals surface area contributed by atoms with Crippen molar-refractivity contribution in [1.29, 1.82) is 0 Å². The van der Waals surface area contributed by atoms with Crippen LogP contribution in [0.15, 0.2) is 55.2 Å². The third-order valence-electron chi connectivity index (χ3n) is 3.18. The number of aromatic nitrogens is 4. The number of esters is 1. The predicted octanol–water partition coefficient (Wildman–Crippen LogP) is 2.33. The Morgan fingerprint density at radius 3 is 2.86 bits per heavy atom. The first-order valence-corrected chi connectivity index (χ1v) is 6.77. The average molecular weight is 294 g/mol. The molecule has 3 rings (SSSR count). The Morgan fingerprint density at radius 2 is 2.18 bits per heavy atom. The van der Waals surface area contributed by atoms with Crippen LogP contribution in [-0.4, -0.2) is 25.7 Å². The maximum atomic E-state index is 12.1. The van der Waals surface area contributed by atoms with E-state index in [1.165, 1.54) is 6.33 Å². The molecule has 0 saturated heterocycles. The number of benzene rings is 1. The molecule has 0 aliphatic heterocycles. The Bertz CT molecular complexity index is 770. The minimum absolute atomic E-state index is 0.156. The number of aryl methyl sites for hydroxylation is 1. The second-order valence-corrected chi connectivity index (χ2v) is 4.74. The van der Waals surface area contributed by atoms with Crippen molar-refractivity contribution >= 4 is 5.97 Å². The molecule has 2 heterocycles. The van der Waals surface area contributed by atoms with E-state index in [1.807, 2.05) is 31.2 Å². The van der Waals surface area contributed by atoms with E-state index in [0.717, 1.165) is 11.3 Å². The Balaban J connectivity index is 1.72. The van der Waals surface area contributed by atoms with Crippen LogP contribution >= 0.6 is 0 Å². The van der Waals surface area contributed by atoms with Crippen molar-refractivity contribution < 1.29 is 9.53 Å². The molecule has 6 heteroatoms. The Kier molecular flexibility index (Phi) is 3.91. The predicted molar refractivity (Wildman–Crippen MR) is 79.5 cm³/mol. The van der Waals surface area contributed by atoms with Crippen LogP contribution in [0.3, 0.4) is 0 Å². The van der Waals surface area contributed by atoms with Gasteiger partial charge >= 0.3 is 5.97 Å². The Labute approximate surface area is 127 Å². The number of carbonyl (C=O) groups is 1. The smallest absolute Gasteiger partial charge is 0.338 e. The molecule has 110 valence electrons. The minimum atomic E-state index is -0.376. The number of carbonyl (C=O) groups excluding carboxylic acids is 1. The van der Waals surface area contributed by atoms with Gasteiger partial charge in [0.05, 0.1) is 16.9 Å². The van der Waals surface area contributed by atoms with Crippen molar-refractivity contribution in [3.63, 3.8) is 0 Å². The van der Waals surface area contributed by atoms with Crippen molar-refractivity contribution in [2.24, 2.45) is 0 Å². The summed E-state index contributed by atoms with van der Waals surface area (Å²) in [6.45, 7) is 2.07. The fraction of sp³-hybridized carbons (Fsp3) is 0.125. The second-order valence-electron chi connectivity index (χ2n) is 4.74. The zero-order chi connectivity index (χ0) is 15.4. The molecule has 1 aromatic carbocycles. The highest BCUT2D eigenvalue weighted by Gasteiger charge is 2.10. The summed E-state index contributed by atoms with van der Waals surface area (Å²) in [5, 5.41) is 4.08. The van der Waals surface area contributed by atoms with Crippen molar-refractivity contribution in [1.82, 2.24) is 19.7 Å². The average Bonchev–Trinajstić information content (AvgIpc) is 3.07. The van der Waals surface area contributed by atoms with Gasteiger partial charge in [0, 0.05) is 6.20 Å². The van der Waals surface area contributed by atoms with Crippen LogP contribution in [0.1, 0.15) is 21.6 Å². The molecule has 0 aliphatic carbocycles. The molecule has 22 heavy (non-hydrogen) atoms. The van der Waals surface area contributed by atoms with Gasteiger partial charge < -0.3 is 4.74 Å². The number of hydrogen-bond acceptors (Lipinski definition) is 5. The van der Waals surface area contributed by atoms with E-state index >= 15 is 0 Å².